The standard InChI is InChI=1S/C26H32N2/c1-26(2,3)28-16-14-27(15-17-28)21-10-13-23-20(18-21)9-12-24-22-7-5-4-6-19(22)8-11-25(23)24/h5,7,9-10,12-13,18H,4,6,8,11,14-17H2,1-3H3. The first-order valence-electron chi connectivity index (χ1n) is 11.0. The molecule has 1 heterocycles. The molecule has 0 unspecified atom stereocenters. The lowest BCUT2D eigenvalue weighted by Gasteiger charge is -2.43. The molecule has 0 N–H and O–H groups in total. The predicted molar refractivity (Wildman–Crippen MR) is 121 cm³/mol. The number of rotatable bonds is 1. The van der Waals surface area contributed by atoms with Crippen molar-refractivity contribution in [2.75, 3.05) is 31.1 Å². The van der Waals surface area contributed by atoms with Gasteiger partial charge in [0, 0.05) is 37.4 Å². The normalized spacial score (nSPS) is 20.5. The Morgan fingerprint density at radius 3 is 2.46 bits per heavy atom. The minimum atomic E-state index is 0.273. The summed E-state index contributed by atoms with van der Waals surface area (Å²) >= 11 is 0. The van der Waals surface area contributed by atoms with E-state index in [-0.39, 0.29) is 5.54 Å². The van der Waals surface area contributed by atoms with Crippen molar-refractivity contribution in [3.8, 4) is 0 Å². The van der Waals surface area contributed by atoms with Gasteiger partial charge in [-0.1, -0.05) is 35.9 Å². The van der Waals surface area contributed by atoms with Crippen LogP contribution < -0.4 is 4.90 Å². The maximum absolute atomic E-state index is 2.60. The molecule has 2 aromatic rings. The van der Waals surface area contributed by atoms with E-state index in [1.165, 1.54) is 53.3 Å². The fourth-order valence-electron chi connectivity index (χ4n) is 5.26. The third kappa shape index (κ3) is 3.08. The number of benzene rings is 2. The van der Waals surface area contributed by atoms with Gasteiger partial charge in [-0.05, 0) is 86.1 Å². The van der Waals surface area contributed by atoms with Crippen molar-refractivity contribution >= 4 is 22.0 Å². The van der Waals surface area contributed by atoms with E-state index in [9.17, 15) is 0 Å². The highest BCUT2D eigenvalue weighted by Gasteiger charge is 2.26. The number of nitrogens with zero attached hydrogens (tertiary/aromatic N) is 2. The van der Waals surface area contributed by atoms with Crippen LogP contribution in [-0.4, -0.2) is 36.6 Å². The summed E-state index contributed by atoms with van der Waals surface area (Å²) < 4.78 is 0. The summed E-state index contributed by atoms with van der Waals surface area (Å²) in [5.74, 6) is 0. The minimum Gasteiger partial charge on any atom is -0.369 e. The van der Waals surface area contributed by atoms with Crippen molar-refractivity contribution in [3.05, 3.63) is 59.2 Å². The number of allylic oxidation sites excluding steroid dienone is 4. The highest BCUT2D eigenvalue weighted by Crippen LogP contribution is 2.40. The fourth-order valence-corrected chi connectivity index (χ4v) is 5.26. The van der Waals surface area contributed by atoms with Gasteiger partial charge in [0.2, 0.25) is 0 Å². The second-order valence-electron chi connectivity index (χ2n) is 9.60. The Balaban J connectivity index is 1.44. The smallest absolute Gasteiger partial charge is 0.0373 e. The van der Waals surface area contributed by atoms with Gasteiger partial charge < -0.3 is 4.90 Å². The van der Waals surface area contributed by atoms with Crippen LogP contribution in [0, 0.1) is 0 Å². The molecule has 3 aliphatic rings. The summed E-state index contributed by atoms with van der Waals surface area (Å²) in [7, 11) is 0. The molecule has 2 heteroatoms. The number of aryl methyl sites for hydroxylation is 1. The molecule has 5 rings (SSSR count). The van der Waals surface area contributed by atoms with Crippen LogP contribution in [0.5, 0.6) is 0 Å². The van der Waals surface area contributed by atoms with Crippen LogP contribution in [0.4, 0.5) is 5.69 Å². The molecule has 1 aliphatic heterocycles. The second kappa shape index (κ2) is 6.77. The van der Waals surface area contributed by atoms with Crippen molar-refractivity contribution in [1.29, 1.82) is 0 Å². The van der Waals surface area contributed by atoms with Gasteiger partial charge in [0.25, 0.3) is 0 Å². The molecular weight excluding hydrogens is 340 g/mol. The molecule has 2 aliphatic carbocycles. The first-order chi connectivity index (χ1) is 13.5. The maximum Gasteiger partial charge on any atom is 0.0373 e. The first-order valence-corrected chi connectivity index (χ1v) is 11.0. The summed E-state index contributed by atoms with van der Waals surface area (Å²) in [4.78, 5) is 5.16. The average Bonchev–Trinajstić information content (AvgIpc) is 2.72. The monoisotopic (exact) mass is 372 g/mol. The van der Waals surface area contributed by atoms with Crippen molar-refractivity contribution < 1.29 is 0 Å². The van der Waals surface area contributed by atoms with Gasteiger partial charge in [0.15, 0.2) is 0 Å². The van der Waals surface area contributed by atoms with Crippen molar-refractivity contribution in [2.24, 2.45) is 0 Å². The molecule has 28 heavy (non-hydrogen) atoms. The average molecular weight is 373 g/mol. The van der Waals surface area contributed by atoms with Gasteiger partial charge in [-0.2, -0.15) is 0 Å². The van der Waals surface area contributed by atoms with E-state index in [2.05, 4.69) is 73.1 Å². The molecular formula is C26H32N2. The Hall–Kier alpha value is -2.06. The molecule has 0 radical (unpaired) electrons. The molecule has 2 nitrogen and oxygen atoms in total. The number of piperazine rings is 1. The number of anilines is 1. The summed E-state index contributed by atoms with van der Waals surface area (Å²) in [5.41, 5.74) is 7.88. The van der Waals surface area contributed by atoms with E-state index in [1.54, 1.807) is 11.1 Å². The molecule has 0 atom stereocenters. The lowest BCUT2D eigenvalue weighted by Crippen LogP contribution is -2.53. The van der Waals surface area contributed by atoms with E-state index in [0.29, 0.717) is 0 Å². The van der Waals surface area contributed by atoms with Crippen LogP contribution in [0.1, 0.15) is 51.2 Å². The van der Waals surface area contributed by atoms with E-state index in [1.807, 2.05) is 0 Å². The van der Waals surface area contributed by atoms with Crippen LogP contribution >= 0.6 is 0 Å². The topological polar surface area (TPSA) is 6.48 Å². The molecule has 0 spiro atoms. The van der Waals surface area contributed by atoms with Gasteiger partial charge in [-0.15, -0.1) is 0 Å². The Labute approximate surface area is 169 Å². The molecule has 1 saturated heterocycles. The second-order valence-corrected chi connectivity index (χ2v) is 9.60. The zero-order valence-corrected chi connectivity index (χ0v) is 17.6. The first kappa shape index (κ1) is 18.0. The molecule has 0 saturated carbocycles. The maximum atomic E-state index is 2.60. The highest BCUT2D eigenvalue weighted by atomic mass is 15.3. The van der Waals surface area contributed by atoms with Crippen LogP contribution in [0.15, 0.2) is 48.1 Å². The zero-order chi connectivity index (χ0) is 19.3. The largest absolute Gasteiger partial charge is 0.369 e. The Kier molecular flexibility index (Phi) is 4.35. The van der Waals surface area contributed by atoms with Crippen molar-refractivity contribution in [2.45, 2.75) is 52.0 Å². The molecule has 0 bridgehead atoms. The third-order valence-corrected chi connectivity index (χ3v) is 6.95. The Bertz CT molecular complexity index is 966. The highest BCUT2D eigenvalue weighted by molar-refractivity contribution is 5.95. The fraction of sp³-hybridized carbons (Fsp3) is 0.462. The van der Waals surface area contributed by atoms with Gasteiger partial charge in [-0.25, -0.2) is 0 Å². The SMILES string of the molecule is CC(C)(C)N1CCN(c2ccc3c4c(ccc3c2)C2=C(CCC=C2)CC4)CC1. The van der Waals surface area contributed by atoms with Crippen LogP contribution in [0.3, 0.4) is 0 Å². The van der Waals surface area contributed by atoms with Gasteiger partial charge in [0.1, 0.15) is 0 Å². The van der Waals surface area contributed by atoms with Crippen molar-refractivity contribution in [1.82, 2.24) is 4.90 Å². The van der Waals surface area contributed by atoms with Gasteiger partial charge in [0.05, 0.1) is 0 Å². The van der Waals surface area contributed by atoms with E-state index < -0.39 is 0 Å². The summed E-state index contributed by atoms with van der Waals surface area (Å²) in [6, 6.07) is 11.9. The molecule has 0 amide bonds. The summed E-state index contributed by atoms with van der Waals surface area (Å²) in [6.07, 6.45) is 9.62. The van der Waals surface area contributed by atoms with E-state index >= 15 is 0 Å². The van der Waals surface area contributed by atoms with E-state index in [0.717, 1.165) is 26.2 Å². The number of hydrogen-bond donors (Lipinski definition) is 0. The lowest BCUT2D eigenvalue weighted by molar-refractivity contribution is 0.128. The Morgan fingerprint density at radius 1 is 0.857 bits per heavy atom. The summed E-state index contributed by atoms with van der Waals surface area (Å²) in [5, 5.41) is 2.86. The molecule has 2 aromatic carbocycles. The molecule has 0 aromatic heterocycles. The minimum absolute atomic E-state index is 0.273. The third-order valence-electron chi connectivity index (χ3n) is 6.95. The lowest BCUT2D eigenvalue weighted by atomic mass is 9.79. The zero-order valence-electron chi connectivity index (χ0n) is 17.6. The predicted octanol–water partition coefficient (Wildman–Crippen LogP) is 5.81. The number of fused-ring (bicyclic) bond motifs is 4. The van der Waals surface area contributed by atoms with Crippen LogP contribution in [-0.2, 0) is 6.42 Å². The quantitative estimate of drug-likeness (QED) is 0.623. The summed E-state index contributed by atoms with van der Waals surface area (Å²) in [6.45, 7) is 11.5. The van der Waals surface area contributed by atoms with Crippen molar-refractivity contribution in [3.63, 3.8) is 0 Å². The van der Waals surface area contributed by atoms with Gasteiger partial charge in [-0.3, -0.25) is 4.90 Å². The van der Waals surface area contributed by atoms with Gasteiger partial charge >= 0.3 is 0 Å². The number of hydrogen-bond acceptors (Lipinski definition) is 2. The molecule has 1 fully saturated rings. The van der Waals surface area contributed by atoms with Crippen LogP contribution in [0.2, 0.25) is 0 Å². The molecule has 146 valence electrons. The van der Waals surface area contributed by atoms with Crippen LogP contribution in [0.25, 0.3) is 16.3 Å². The Morgan fingerprint density at radius 2 is 1.68 bits per heavy atom. The van der Waals surface area contributed by atoms with E-state index in [4.69, 9.17) is 0 Å².